The van der Waals surface area contributed by atoms with Crippen LogP contribution in [0.15, 0.2) is 60.7 Å². The van der Waals surface area contributed by atoms with E-state index in [0.29, 0.717) is 0 Å². The van der Waals surface area contributed by atoms with E-state index in [-0.39, 0.29) is 5.78 Å². The Kier molecular flexibility index (Phi) is 2.33. The van der Waals surface area contributed by atoms with Crippen molar-refractivity contribution in [3.63, 3.8) is 0 Å². The van der Waals surface area contributed by atoms with Crippen molar-refractivity contribution in [3.05, 3.63) is 77.9 Å². The molecule has 93 valence electrons. The summed E-state index contributed by atoms with van der Waals surface area (Å²) in [7, 11) is 0. The molecule has 1 heteroatoms. The minimum Gasteiger partial charge on any atom is -0.289 e. The van der Waals surface area contributed by atoms with Crippen LogP contribution in [0.2, 0.25) is 0 Å². The first-order chi connectivity index (χ1) is 9.84. The van der Waals surface area contributed by atoms with E-state index < -0.39 is 0 Å². The van der Waals surface area contributed by atoms with Gasteiger partial charge in [0.15, 0.2) is 5.78 Å². The third-order valence-corrected chi connectivity index (χ3v) is 3.78. The molecule has 0 aromatic heterocycles. The molecule has 0 spiro atoms. The maximum absolute atomic E-state index is 12.0. The molecule has 3 aromatic carbocycles. The molecule has 0 bridgehead atoms. The molecule has 20 heavy (non-hydrogen) atoms. The highest BCUT2D eigenvalue weighted by atomic mass is 16.1. The molecule has 0 heterocycles. The van der Waals surface area contributed by atoms with E-state index in [1.807, 2.05) is 48.5 Å². The Hall–Kier alpha value is -2.67. The van der Waals surface area contributed by atoms with Crippen molar-refractivity contribution < 1.29 is 4.79 Å². The lowest BCUT2D eigenvalue weighted by molar-refractivity contribution is 0.104. The molecule has 0 saturated carbocycles. The summed E-state index contributed by atoms with van der Waals surface area (Å²) in [5.74, 6) is 0.0849. The first-order valence-corrected chi connectivity index (χ1v) is 6.59. The lowest BCUT2D eigenvalue weighted by atomic mass is 9.88. The lowest BCUT2D eigenvalue weighted by Crippen LogP contribution is -2.02. The first-order valence-electron chi connectivity index (χ1n) is 6.59. The molecule has 4 rings (SSSR count). The van der Waals surface area contributed by atoms with E-state index >= 15 is 0 Å². The predicted octanol–water partition coefficient (Wildman–Crippen LogP) is 4.52. The average Bonchev–Trinajstić information content (AvgIpc) is 2.52. The zero-order valence-corrected chi connectivity index (χ0v) is 10.8. The minimum absolute atomic E-state index is 0.0849. The zero-order valence-electron chi connectivity index (χ0n) is 10.8. The Morgan fingerprint density at radius 3 is 2.45 bits per heavy atom. The molecular formula is C19H11O. The van der Waals surface area contributed by atoms with Crippen molar-refractivity contribution in [3.8, 4) is 11.1 Å². The van der Waals surface area contributed by atoms with Crippen molar-refractivity contribution >= 4 is 22.6 Å². The van der Waals surface area contributed by atoms with Gasteiger partial charge in [-0.3, -0.25) is 4.79 Å². The molecule has 1 nitrogen and oxygen atoms in total. The summed E-state index contributed by atoms with van der Waals surface area (Å²) in [4.78, 5) is 12.0. The SMILES string of the molecule is O=C1C=Cc2cccc3c(-c4cc[c]cc4)ccc1c23. The second-order valence-corrected chi connectivity index (χ2v) is 4.92. The molecular weight excluding hydrogens is 244 g/mol. The molecule has 0 unspecified atom stereocenters. The van der Waals surface area contributed by atoms with Gasteiger partial charge in [-0.2, -0.15) is 0 Å². The van der Waals surface area contributed by atoms with Gasteiger partial charge in [0.1, 0.15) is 0 Å². The van der Waals surface area contributed by atoms with E-state index in [4.69, 9.17) is 0 Å². The molecule has 1 radical (unpaired) electrons. The number of hydrogen-bond acceptors (Lipinski definition) is 1. The van der Waals surface area contributed by atoms with E-state index in [9.17, 15) is 4.79 Å². The molecule has 0 aliphatic heterocycles. The third kappa shape index (κ3) is 1.53. The summed E-state index contributed by atoms with van der Waals surface area (Å²) in [6.45, 7) is 0. The number of rotatable bonds is 1. The van der Waals surface area contributed by atoms with Crippen molar-refractivity contribution in [1.82, 2.24) is 0 Å². The molecule has 1 aliphatic carbocycles. The number of hydrogen-bond donors (Lipinski definition) is 0. The highest BCUT2D eigenvalue weighted by Gasteiger charge is 2.16. The fraction of sp³-hybridized carbons (Fsp3) is 0. The summed E-state index contributed by atoms with van der Waals surface area (Å²) < 4.78 is 0. The van der Waals surface area contributed by atoms with Crippen LogP contribution in [-0.4, -0.2) is 5.78 Å². The Labute approximate surface area is 117 Å². The summed E-state index contributed by atoms with van der Waals surface area (Å²) in [6, 6.07) is 21.1. The zero-order chi connectivity index (χ0) is 13.5. The normalized spacial score (nSPS) is 12.9. The largest absolute Gasteiger partial charge is 0.289 e. The maximum Gasteiger partial charge on any atom is 0.186 e. The third-order valence-electron chi connectivity index (χ3n) is 3.78. The molecule has 0 atom stereocenters. The summed E-state index contributed by atoms with van der Waals surface area (Å²) in [6.07, 6.45) is 3.55. The standard InChI is InChI=1S/C19H11O/c20-18-12-9-14-7-4-8-16-15(10-11-17(18)19(14)16)13-5-2-1-3-6-13/h2-12H. The van der Waals surface area contributed by atoms with Gasteiger partial charge in [0.05, 0.1) is 0 Å². The number of allylic oxidation sites excluding steroid dienone is 1. The quantitative estimate of drug-likeness (QED) is 0.625. The summed E-state index contributed by atoms with van der Waals surface area (Å²) >= 11 is 0. The molecule has 0 amide bonds. The highest BCUT2D eigenvalue weighted by molar-refractivity contribution is 6.21. The summed E-state index contributed by atoms with van der Waals surface area (Å²) in [5, 5.41) is 2.19. The van der Waals surface area contributed by atoms with Crippen LogP contribution in [0.25, 0.3) is 28.0 Å². The van der Waals surface area contributed by atoms with Gasteiger partial charge in [-0.25, -0.2) is 0 Å². The Morgan fingerprint density at radius 2 is 1.60 bits per heavy atom. The van der Waals surface area contributed by atoms with Gasteiger partial charge in [0.2, 0.25) is 0 Å². The van der Waals surface area contributed by atoms with Crippen LogP contribution in [0.4, 0.5) is 0 Å². The van der Waals surface area contributed by atoms with Gasteiger partial charge in [0.25, 0.3) is 0 Å². The van der Waals surface area contributed by atoms with Gasteiger partial charge >= 0.3 is 0 Å². The topological polar surface area (TPSA) is 17.1 Å². The Morgan fingerprint density at radius 1 is 0.800 bits per heavy atom. The van der Waals surface area contributed by atoms with Crippen LogP contribution in [0.1, 0.15) is 15.9 Å². The molecule has 1 aliphatic rings. The van der Waals surface area contributed by atoms with E-state index in [2.05, 4.69) is 18.2 Å². The number of carbonyl (C=O) groups excluding carboxylic acids is 1. The molecule has 0 N–H and O–H groups in total. The fourth-order valence-electron chi connectivity index (χ4n) is 2.85. The van der Waals surface area contributed by atoms with Gasteiger partial charge < -0.3 is 0 Å². The van der Waals surface area contributed by atoms with Crippen molar-refractivity contribution in [1.29, 1.82) is 0 Å². The highest BCUT2D eigenvalue weighted by Crippen LogP contribution is 2.35. The Balaban J connectivity index is 2.13. The second-order valence-electron chi connectivity index (χ2n) is 4.92. The average molecular weight is 255 g/mol. The second kappa shape index (κ2) is 4.17. The smallest absolute Gasteiger partial charge is 0.186 e. The predicted molar refractivity (Wildman–Crippen MR) is 81.6 cm³/mol. The van der Waals surface area contributed by atoms with Crippen molar-refractivity contribution in [2.75, 3.05) is 0 Å². The number of carbonyl (C=O) groups is 1. The van der Waals surface area contributed by atoms with Crippen LogP contribution in [-0.2, 0) is 0 Å². The first kappa shape index (κ1) is 11.2. The Bertz CT molecular complexity index is 858. The van der Waals surface area contributed by atoms with Gasteiger partial charge in [-0.15, -0.1) is 0 Å². The van der Waals surface area contributed by atoms with E-state index in [1.54, 1.807) is 6.08 Å². The van der Waals surface area contributed by atoms with Gasteiger partial charge in [-0.05, 0) is 40.3 Å². The molecule has 0 saturated heterocycles. The van der Waals surface area contributed by atoms with Crippen LogP contribution < -0.4 is 0 Å². The number of ketones is 1. The van der Waals surface area contributed by atoms with Crippen LogP contribution in [0.3, 0.4) is 0 Å². The van der Waals surface area contributed by atoms with E-state index in [1.165, 1.54) is 0 Å². The molecule has 3 aromatic rings. The van der Waals surface area contributed by atoms with Crippen molar-refractivity contribution in [2.45, 2.75) is 0 Å². The van der Waals surface area contributed by atoms with Crippen molar-refractivity contribution in [2.24, 2.45) is 0 Å². The summed E-state index contributed by atoms with van der Waals surface area (Å²) in [5.41, 5.74) is 4.21. The maximum atomic E-state index is 12.0. The van der Waals surface area contributed by atoms with Gasteiger partial charge in [-0.1, -0.05) is 54.6 Å². The van der Waals surface area contributed by atoms with Gasteiger partial charge in [0, 0.05) is 10.9 Å². The fourth-order valence-corrected chi connectivity index (χ4v) is 2.85. The van der Waals surface area contributed by atoms with Crippen LogP contribution >= 0.6 is 0 Å². The minimum atomic E-state index is 0.0849. The lowest BCUT2D eigenvalue weighted by Gasteiger charge is -2.15. The molecule has 0 fully saturated rings. The van der Waals surface area contributed by atoms with Crippen LogP contribution in [0, 0.1) is 6.07 Å². The van der Waals surface area contributed by atoms with Crippen LogP contribution in [0.5, 0.6) is 0 Å². The monoisotopic (exact) mass is 255 g/mol. The number of benzene rings is 3. The van der Waals surface area contributed by atoms with E-state index in [0.717, 1.165) is 33.0 Å².